The molecule has 0 radical (unpaired) electrons. The van der Waals surface area contributed by atoms with Crippen LogP contribution >= 0.6 is 0 Å². The molecule has 0 spiro atoms. The summed E-state index contributed by atoms with van der Waals surface area (Å²) in [7, 11) is 0. The minimum atomic E-state index is -0.0604. The molecule has 1 aromatic rings. The molecule has 4 heteroatoms. The SMILES string of the molecule is CCn1cc(NC2CCOC(C)(C)C2)ccc1=O. The Labute approximate surface area is 108 Å². The number of nitrogens with zero attached hydrogens (tertiary/aromatic N) is 1. The van der Waals surface area contributed by atoms with Gasteiger partial charge in [0, 0.05) is 31.5 Å². The van der Waals surface area contributed by atoms with Gasteiger partial charge in [0.1, 0.15) is 0 Å². The van der Waals surface area contributed by atoms with E-state index < -0.39 is 0 Å². The third kappa shape index (κ3) is 3.13. The van der Waals surface area contributed by atoms with Gasteiger partial charge in [-0.25, -0.2) is 0 Å². The summed E-state index contributed by atoms with van der Waals surface area (Å²) in [5.74, 6) is 0. The molecule has 0 aliphatic carbocycles. The van der Waals surface area contributed by atoms with Crippen LogP contribution in [0, 0.1) is 0 Å². The Kier molecular flexibility index (Phi) is 3.76. The molecule has 100 valence electrons. The summed E-state index contributed by atoms with van der Waals surface area (Å²) in [6.45, 7) is 7.70. The van der Waals surface area contributed by atoms with Crippen molar-refractivity contribution in [3.8, 4) is 0 Å². The average molecular weight is 250 g/mol. The van der Waals surface area contributed by atoms with Gasteiger partial charge >= 0.3 is 0 Å². The quantitative estimate of drug-likeness (QED) is 0.894. The number of pyridine rings is 1. The van der Waals surface area contributed by atoms with E-state index in [9.17, 15) is 4.79 Å². The van der Waals surface area contributed by atoms with Crippen molar-refractivity contribution in [3.63, 3.8) is 0 Å². The molecule has 2 heterocycles. The molecule has 2 rings (SSSR count). The van der Waals surface area contributed by atoms with Crippen molar-refractivity contribution in [3.05, 3.63) is 28.7 Å². The maximum absolute atomic E-state index is 11.5. The van der Waals surface area contributed by atoms with Crippen LogP contribution in [-0.4, -0.2) is 22.8 Å². The second-order valence-electron chi connectivity index (χ2n) is 5.48. The highest BCUT2D eigenvalue weighted by Gasteiger charge is 2.28. The van der Waals surface area contributed by atoms with Crippen LogP contribution in [0.3, 0.4) is 0 Å². The van der Waals surface area contributed by atoms with E-state index in [1.165, 1.54) is 0 Å². The van der Waals surface area contributed by atoms with Crippen molar-refractivity contribution >= 4 is 5.69 Å². The van der Waals surface area contributed by atoms with E-state index in [0.29, 0.717) is 12.6 Å². The fourth-order valence-electron chi connectivity index (χ4n) is 2.45. The third-order valence-corrected chi connectivity index (χ3v) is 3.39. The molecule has 1 aliphatic rings. The first-order valence-electron chi connectivity index (χ1n) is 6.61. The Morgan fingerprint density at radius 3 is 2.94 bits per heavy atom. The van der Waals surface area contributed by atoms with Gasteiger partial charge < -0.3 is 14.6 Å². The summed E-state index contributed by atoms with van der Waals surface area (Å²) < 4.78 is 7.42. The summed E-state index contributed by atoms with van der Waals surface area (Å²) >= 11 is 0. The molecular weight excluding hydrogens is 228 g/mol. The minimum absolute atomic E-state index is 0.0513. The van der Waals surface area contributed by atoms with E-state index in [4.69, 9.17) is 4.74 Å². The Hall–Kier alpha value is -1.29. The van der Waals surface area contributed by atoms with Gasteiger partial charge in [-0.3, -0.25) is 4.79 Å². The molecule has 1 aromatic heterocycles. The lowest BCUT2D eigenvalue weighted by Gasteiger charge is -2.36. The van der Waals surface area contributed by atoms with Crippen LogP contribution < -0.4 is 10.9 Å². The van der Waals surface area contributed by atoms with Crippen molar-refractivity contribution in [1.29, 1.82) is 0 Å². The van der Waals surface area contributed by atoms with Crippen molar-refractivity contribution in [2.24, 2.45) is 0 Å². The third-order valence-electron chi connectivity index (χ3n) is 3.39. The number of anilines is 1. The van der Waals surface area contributed by atoms with Crippen LogP contribution in [0.25, 0.3) is 0 Å². The number of aromatic nitrogens is 1. The van der Waals surface area contributed by atoms with Crippen LogP contribution in [0.4, 0.5) is 5.69 Å². The molecule has 1 saturated heterocycles. The van der Waals surface area contributed by atoms with E-state index in [1.807, 2.05) is 19.2 Å². The highest BCUT2D eigenvalue weighted by molar-refractivity contribution is 5.41. The molecule has 1 aliphatic heterocycles. The maximum atomic E-state index is 11.5. The summed E-state index contributed by atoms with van der Waals surface area (Å²) in [5, 5.41) is 3.50. The van der Waals surface area contributed by atoms with E-state index in [2.05, 4.69) is 19.2 Å². The maximum Gasteiger partial charge on any atom is 0.250 e. The lowest BCUT2D eigenvalue weighted by Crippen LogP contribution is -2.40. The Morgan fingerprint density at radius 1 is 1.50 bits per heavy atom. The standard InChI is InChI=1S/C14H22N2O2/c1-4-16-10-12(5-6-13(16)17)15-11-7-8-18-14(2,3)9-11/h5-6,10-11,15H,4,7-9H2,1-3H3. The Bertz CT molecular complexity index is 465. The van der Waals surface area contributed by atoms with Gasteiger partial charge in [-0.2, -0.15) is 0 Å². The monoisotopic (exact) mass is 250 g/mol. The Morgan fingerprint density at radius 2 is 2.28 bits per heavy atom. The van der Waals surface area contributed by atoms with Gasteiger partial charge in [0.2, 0.25) is 0 Å². The normalized spacial score (nSPS) is 22.7. The van der Waals surface area contributed by atoms with E-state index >= 15 is 0 Å². The molecule has 1 unspecified atom stereocenters. The molecule has 18 heavy (non-hydrogen) atoms. The largest absolute Gasteiger partial charge is 0.381 e. The van der Waals surface area contributed by atoms with E-state index in [1.54, 1.807) is 10.6 Å². The fourth-order valence-corrected chi connectivity index (χ4v) is 2.45. The zero-order valence-corrected chi connectivity index (χ0v) is 11.4. The van der Waals surface area contributed by atoms with Gasteiger partial charge in [-0.05, 0) is 39.7 Å². The van der Waals surface area contributed by atoms with Crippen molar-refractivity contribution < 1.29 is 4.74 Å². The van der Waals surface area contributed by atoms with Crippen LogP contribution in [0.2, 0.25) is 0 Å². The number of hydrogen-bond acceptors (Lipinski definition) is 3. The predicted molar refractivity (Wildman–Crippen MR) is 73.1 cm³/mol. The number of nitrogens with one attached hydrogen (secondary N) is 1. The van der Waals surface area contributed by atoms with Gasteiger partial charge in [0.25, 0.3) is 5.56 Å². The van der Waals surface area contributed by atoms with E-state index in [-0.39, 0.29) is 11.2 Å². The van der Waals surface area contributed by atoms with Gasteiger partial charge in [0.05, 0.1) is 11.3 Å². The zero-order valence-electron chi connectivity index (χ0n) is 11.4. The van der Waals surface area contributed by atoms with Crippen LogP contribution in [-0.2, 0) is 11.3 Å². The fraction of sp³-hybridized carbons (Fsp3) is 0.643. The first-order valence-corrected chi connectivity index (χ1v) is 6.61. The second kappa shape index (κ2) is 5.14. The van der Waals surface area contributed by atoms with Gasteiger partial charge in [-0.1, -0.05) is 0 Å². The molecule has 0 aromatic carbocycles. The lowest BCUT2D eigenvalue weighted by atomic mass is 9.94. The first-order chi connectivity index (χ1) is 8.50. The number of rotatable bonds is 3. The lowest BCUT2D eigenvalue weighted by molar-refractivity contribution is -0.0553. The molecule has 1 atom stereocenters. The zero-order chi connectivity index (χ0) is 13.2. The molecular formula is C14H22N2O2. The summed E-state index contributed by atoms with van der Waals surface area (Å²) in [4.78, 5) is 11.5. The highest BCUT2D eigenvalue weighted by Crippen LogP contribution is 2.26. The highest BCUT2D eigenvalue weighted by atomic mass is 16.5. The summed E-state index contributed by atoms with van der Waals surface area (Å²) in [6.07, 6.45) is 3.89. The molecule has 0 saturated carbocycles. The van der Waals surface area contributed by atoms with Crippen molar-refractivity contribution in [2.75, 3.05) is 11.9 Å². The van der Waals surface area contributed by atoms with Crippen molar-refractivity contribution in [1.82, 2.24) is 4.57 Å². The predicted octanol–water partition coefficient (Wildman–Crippen LogP) is 2.24. The van der Waals surface area contributed by atoms with E-state index in [0.717, 1.165) is 25.1 Å². The topological polar surface area (TPSA) is 43.3 Å². The smallest absolute Gasteiger partial charge is 0.250 e. The van der Waals surface area contributed by atoms with Crippen LogP contribution in [0.1, 0.15) is 33.6 Å². The van der Waals surface area contributed by atoms with Crippen LogP contribution in [0.5, 0.6) is 0 Å². The van der Waals surface area contributed by atoms with Crippen molar-refractivity contribution in [2.45, 2.75) is 51.8 Å². The van der Waals surface area contributed by atoms with Gasteiger partial charge in [-0.15, -0.1) is 0 Å². The molecule has 0 bridgehead atoms. The molecule has 4 nitrogen and oxygen atoms in total. The van der Waals surface area contributed by atoms with Gasteiger partial charge in [0.15, 0.2) is 0 Å². The summed E-state index contributed by atoms with van der Waals surface area (Å²) in [5.41, 5.74) is 1.00. The number of aryl methyl sites for hydroxylation is 1. The molecule has 1 fully saturated rings. The summed E-state index contributed by atoms with van der Waals surface area (Å²) in [6, 6.07) is 3.89. The Balaban J connectivity index is 2.07. The minimum Gasteiger partial charge on any atom is -0.381 e. The first kappa shape index (κ1) is 13.1. The molecule has 1 N–H and O–H groups in total. The molecule has 0 amide bonds. The average Bonchev–Trinajstić information content (AvgIpc) is 2.30. The number of hydrogen-bond donors (Lipinski definition) is 1. The second-order valence-corrected chi connectivity index (χ2v) is 5.48. The number of ether oxygens (including phenoxy) is 1. The van der Waals surface area contributed by atoms with Crippen LogP contribution in [0.15, 0.2) is 23.1 Å².